The van der Waals surface area contributed by atoms with Gasteiger partial charge in [0, 0.05) is 5.56 Å². The SMILES string of the molecule is N#Cc1ccc2[nH]c(-c3ccc(C=C4SC(=O)NC4=O)cc3)nc2c1. The van der Waals surface area contributed by atoms with E-state index in [-0.39, 0.29) is 11.1 Å². The van der Waals surface area contributed by atoms with E-state index in [0.717, 1.165) is 33.9 Å². The lowest BCUT2D eigenvalue weighted by molar-refractivity contribution is -0.115. The molecule has 0 spiro atoms. The first-order valence-corrected chi connectivity index (χ1v) is 8.19. The molecule has 3 aromatic rings. The molecular weight excluding hydrogens is 336 g/mol. The number of carbonyl (C=O) groups excluding carboxylic acids is 2. The normalized spacial score (nSPS) is 15.6. The fraction of sp³-hybridized carbons (Fsp3) is 0. The molecule has 6 nitrogen and oxygen atoms in total. The lowest BCUT2D eigenvalue weighted by Gasteiger charge is -1.99. The van der Waals surface area contributed by atoms with Gasteiger partial charge in [0.05, 0.1) is 27.6 Å². The first-order chi connectivity index (χ1) is 12.1. The summed E-state index contributed by atoms with van der Waals surface area (Å²) >= 11 is 0.892. The standard InChI is InChI=1S/C18H10N4O2S/c19-9-11-3-6-13-14(7-11)21-16(20-13)12-4-1-10(2-5-12)8-15-17(23)22-18(24)25-15/h1-8H,(H,20,21)(H,22,23,24). The summed E-state index contributed by atoms with van der Waals surface area (Å²) in [6.07, 6.45) is 1.67. The highest BCUT2D eigenvalue weighted by Gasteiger charge is 2.24. The van der Waals surface area contributed by atoms with Crippen molar-refractivity contribution < 1.29 is 9.59 Å². The third kappa shape index (κ3) is 2.91. The Hall–Kier alpha value is -3.37. The third-order valence-electron chi connectivity index (χ3n) is 3.74. The van der Waals surface area contributed by atoms with Crippen LogP contribution in [0.4, 0.5) is 4.79 Å². The van der Waals surface area contributed by atoms with Gasteiger partial charge in [-0.15, -0.1) is 0 Å². The molecule has 1 aromatic heterocycles. The van der Waals surface area contributed by atoms with Gasteiger partial charge in [-0.3, -0.25) is 14.9 Å². The number of thioether (sulfide) groups is 1. The van der Waals surface area contributed by atoms with Crippen molar-refractivity contribution in [3.8, 4) is 17.5 Å². The number of nitrogens with zero attached hydrogens (tertiary/aromatic N) is 2. The van der Waals surface area contributed by atoms with Crippen LogP contribution < -0.4 is 5.32 Å². The summed E-state index contributed by atoms with van der Waals surface area (Å²) in [5.74, 6) is 0.331. The van der Waals surface area contributed by atoms with Crippen molar-refractivity contribution in [2.24, 2.45) is 0 Å². The number of hydrogen-bond donors (Lipinski definition) is 2. The highest BCUT2D eigenvalue weighted by atomic mass is 32.2. The fourth-order valence-electron chi connectivity index (χ4n) is 2.52. The second-order valence-corrected chi connectivity index (χ2v) is 6.42. The Labute approximate surface area is 146 Å². The zero-order chi connectivity index (χ0) is 17.4. The molecule has 2 amide bonds. The van der Waals surface area contributed by atoms with Gasteiger partial charge in [0.2, 0.25) is 0 Å². The molecule has 2 heterocycles. The highest BCUT2D eigenvalue weighted by Crippen LogP contribution is 2.27. The molecule has 0 radical (unpaired) electrons. The lowest BCUT2D eigenvalue weighted by Crippen LogP contribution is -2.17. The van der Waals surface area contributed by atoms with Crippen molar-refractivity contribution in [1.82, 2.24) is 15.3 Å². The number of nitrogens with one attached hydrogen (secondary N) is 2. The van der Waals surface area contributed by atoms with E-state index in [1.807, 2.05) is 30.3 Å². The summed E-state index contributed by atoms with van der Waals surface area (Å²) in [5, 5.41) is 10.8. The zero-order valence-corrected chi connectivity index (χ0v) is 13.6. The number of H-pyrrole nitrogens is 1. The summed E-state index contributed by atoms with van der Waals surface area (Å²) in [6.45, 7) is 0. The Morgan fingerprint density at radius 2 is 1.92 bits per heavy atom. The molecule has 0 bridgehead atoms. The lowest BCUT2D eigenvalue weighted by atomic mass is 10.1. The number of benzene rings is 2. The summed E-state index contributed by atoms with van der Waals surface area (Å²) in [5.41, 5.74) is 3.86. The van der Waals surface area contributed by atoms with Gasteiger partial charge in [0.25, 0.3) is 11.1 Å². The van der Waals surface area contributed by atoms with Crippen molar-refractivity contribution in [3.05, 3.63) is 58.5 Å². The van der Waals surface area contributed by atoms with Crippen LogP contribution in [0.5, 0.6) is 0 Å². The quantitative estimate of drug-likeness (QED) is 0.693. The zero-order valence-electron chi connectivity index (χ0n) is 12.7. The van der Waals surface area contributed by atoms with Crippen LogP contribution in [-0.4, -0.2) is 21.1 Å². The van der Waals surface area contributed by atoms with Gasteiger partial charge in [-0.2, -0.15) is 5.26 Å². The number of hydrogen-bond acceptors (Lipinski definition) is 5. The molecule has 25 heavy (non-hydrogen) atoms. The van der Waals surface area contributed by atoms with E-state index in [9.17, 15) is 9.59 Å². The van der Waals surface area contributed by atoms with Crippen molar-refractivity contribution in [2.45, 2.75) is 0 Å². The Kier molecular flexibility index (Phi) is 3.60. The number of rotatable bonds is 2. The van der Waals surface area contributed by atoms with Crippen molar-refractivity contribution in [3.63, 3.8) is 0 Å². The van der Waals surface area contributed by atoms with Gasteiger partial charge < -0.3 is 4.98 Å². The maximum Gasteiger partial charge on any atom is 0.290 e. The number of imide groups is 1. The van der Waals surface area contributed by atoms with Crippen molar-refractivity contribution in [2.75, 3.05) is 0 Å². The molecule has 0 aliphatic carbocycles. The Morgan fingerprint density at radius 1 is 1.12 bits per heavy atom. The third-order valence-corrected chi connectivity index (χ3v) is 4.55. The molecule has 2 N–H and O–H groups in total. The van der Waals surface area contributed by atoms with Crippen molar-refractivity contribution >= 4 is 40.0 Å². The van der Waals surface area contributed by atoms with E-state index >= 15 is 0 Å². The molecular formula is C18H10N4O2S. The number of fused-ring (bicyclic) bond motifs is 1. The van der Waals surface area contributed by atoms with Gasteiger partial charge >= 0.3 is 0 Å². The average molecular weight is 346 g/mol. The molecule has 0 saturated carbocycles. The number of aromatic amines is 1. The van der Waals surface area contributed by atoms with Gasteiger partial charge in [-0.25, -0.2) is 4.98 Å². The minimum absolute atomic E-state index is 0.355. The molecule has 0 atom stereocenters. The van der Waals surface area contributed by atoms with Crippen LogP contribution in [-0.2, 0) is 4.79 Å². The largest absolute Gasteiger partial charge is 0.338 e. The fourth-order valence-corrected chi connectivity index (χ4v) is 3.20. The summed E-state index contributed by atoms with van der Waals surface area (Å²) < 4.78 is 0. The van der Waals surface area contributed by atoms with E-state index in [2.05, 4.69) is 21.4 Å². The molecule has 1 aliphatic rings. The molecule has 1 aliphatic heterocycles. The second kappa shape index (κ2) is 5.92. The maximum atomic E-state index is 11.6. The minimum atomic E-state index is -0.371. The van der Waals surface area contributed by atoms with E-state index in [1.165, 1.54) is 0 Å². The van der Waals surface area contributed by atoms with Crippen molar-refractivity contribution in [1.29, 1.82) is 5.26 Å². The van der Waals surface area contributed by atoms with Gasteiger partial charge in [0.15, 0.2) is 0 Å². The molecule has 1 saturated heterocycles. The number of carbonyl (C=O) groups is 2. The molecule has 7 heteroatoms. The van der Waals surface area contributed by atoms with Crippen LogP contribution in [0.3, 0.4) is 0 Å². The first kappa shape index (κ1) is 15.2. The summed E-state index contributed by atoms with van der Waals surface area (Å²) in [6, 6.07) is 14.9. The van der Waals surface area contributed by atoms with Crippen LogP contribution in [0.15, 0.2) is 47.4 Å². The van der Waals surface area contributed by atoms with Crippen LogP contribution in [0.25, 0.3) is 28.5 Å². The second-order valence-electron chi connectivity index (χ2n) is 5.40. The van der Waals surface area contributed by atoms with E-state index in [4.69, 9.17) is 5.26 Å². The average Bonchev–Trinajstić information content (AvgIpc) is 3.17. The van der Waals surface area contributed by atoms with E-state index in [1.54, 1.807) is 18.2 Å². The molecule has 1 fully saturated rings. The van der Waals surface area contributed by atoms with Gasteiger partial charge in [-0.05, 0) is 41.6 Å². The number of aromatic nitrogens is 2. The summed E-state index contributed by atoms with van der Waals surface area (Å²) in [7, 11) is 0. The van der Waals surface area contributed by atoms with Crippen LogP contribution >= 0.6 is 11.8 Å². The maximum absolute atomic E-state index is 11.6. The molecule has 120 valence electrons. The smallest absolute Gasteiger partial charge is 0.290 e. The van der Waals surface area contributed by atoms with Gasteiger partial charge in [-0.1, -0.05) is 24.3 Å². The Bertz CT molecular complexity index is 1090. The number of nitriles is 1. The minimum Gasteiger partial charge on any atom is -0.338 e. The predicted molar refractivity (Wildman–Crippen MR) is 95.4 cm³/mol. The first-order valence-electron chi connectivity index (χ1n) is 7.37. The van der Waals surface area contributed by atoms with Gasteiger partial charge in [0.1, 0.15) is 5.82 Å². The Balaban J connectivity index is 1.64. The summed E-state index contributed by atoms with van der Waals surface area (Å²) in [4.78, 5) is 30.9. The predicted octanol–water partition coefficient (Wildman–Crippen LogP) is 3.43. The van der Waals surface area contributed by atoms with Crippen LogP contribution in [0, 0.1) is 11.3 Å². The number of imidazole rings is 1. The highest BCUT2D eigenvalue weighted by molar-refractivity contribution is 8.18. The van der Waals surface area contributed by atoms with Crippen LogP contribution in [0.2, 0.25) is 0 Å². The number of amides is 2. The molecule has 0 unspecified atom stereocenters. The Morgan fingerprint density at radius 3 is 2.60 bits per heavy atom. The van der Waals surface area contributed by atoms with E-state index < -0.39 is 0 Å². The topological polar surface area (TPSA) is 98.6 Å². The monoisotopic (exact) mass is 346 g/mol. The molecule has 2 aromatic carbocycles. The van der Waals surface area contributed by atoms with E-state index in [0.29, 0.717) is 16.3 Å². The van der Waals surface area contributed by atoms with Crippen LogP contribution in [0.1, 0.15) is 11.1 Å². The molecule has 4 rings (SSSR count).